The zero-order valence-corrected chi connectivity index (χ0v) is 16.2. The first-order valence-electron chi connectivity index (χ1n) is 9.24. The van der Waals surface area contributed by atoms with Crippen molar-refractivity contribution < 1.29 is 9.88 Å². The van der Waals surface area contributed by atoms with Crippen LogP contribution < -0.4 is 25.8 Å². The van der Waals surface area contributed by atoms with E-state index in [-0.39, 0.29) is 5.95 Å². The van der Waals surface area contributed by atoms with Gasteiger partial charge >= 0.3 is 0 Å². The van der Waals surface area contributed by atoms with Gasteiger partial charge in [-0.1, -0.05) is 17.7 Å². The molecule has 144 valence electrons. The molecule has 1 aromatic carbocycles. The number of anilines is 4. The van der Waals surface area contributed by atoms with Crippen LogP contribution in [0.25, 0.3) is 0 Å². The molecule has 0 saturated carbocycles. The van der Waals surface area contributed by atoms with Gasteiger partial charge < -0.3 is 16.0 Å². The van der Waals surface area contributed by atoms with Gasteiger partial charge in [0.1, 0.15) is 32.7 Å². The van der Waals surface area contributed by atoms with Gasteiger partial charge in [-0.15, -0.1) is 0 Å². The molecule has 8 nitrogen and oxygen atoms in total. The number of benzene rings is 1. The number of hydrogen-bond donors (Lipinski definition) is 3. The van der Waals surface area contributed by atoms with Crippen LogP contribution in [0.15, 0.2) is 48.7 Å². The quantitative estimate of drug-likeness (QED) is 0.581. The Morgan fingerprint density at radius 3 is 2.57 bits per heavy atom. The van der Waals surface area contributed by atoms with Crippen LogP contribution in [0.5, 0.6) is 0 Å². The molecule has 4 rings (SSSR count). The van der Waals surface area contributed by atoms with Crippen LogP contribution in [0.1, 0.15) is 5.82 Å². The van der Waals surface area contributed by atoms with Gasteiger partial charge in [-0.25, -0.2) is 4.98 Å². The number of nitrogens with zero attached hydrogens (tertiary/aromatic N) is 4. The minimum Gasteiger partial charge on any atom is -0.368 e. The van der Waals surface area contributed by atoms with E-state index in [1.165, 1.54) is 4.90 Å². The predicted molar refractivity (Wildman–Crippen MR) is 109 cm³/mol. The van der Waals surface area contributed by atoms with Crippen LogP contribution in [-0.2, 0) is 6.54 Å². The molecule has 1 fully saturated rings. The zero-order valence-electron chi connectivity index (χ0n) is 15.4. The summed E-state index contributed by atoms with van der Waals surface area (Å²) in [7, 11) is 0. The van der Waals surface area contributed by atoms with Gasteiger partial charge in [-0.2, -0.15) is 15.0 Å². The Labute approximate surface area is 168 Å². The molecule has 0 spiro atoms. The highest BCUT2D eigenvalue weighted by atomic mass is 35.5. The molecule has 5 N–H and O–H groups in total. The van der Waals surface area contributed by atoms with E-state index in [0.29, 0.717) is 23.3 Å². The van der Waals surface area contributed by atoms with Crippen LogP contribution in [0, 0.1) is 0 Å². The highest BCUT2D eigenvalue weighted by Crippen LogP contribution is 2.16. The second kappa shape index (κ2) is 8.37. The van der Waals surface area contributed by atoms with Crippen molar-refractivity contribution in [2.75, 3.05) is 42.1 Å². The number of aromatic amines is 1. The Morgan fingerprint density at radius 1 is 1.07 bits per heavy atom. The lowest BCUT2D eigenvalue weighted by atomic mass is 10.3. The fourth-order valence-electron chi connectivity index (χ4n) is 3.28. The predicted octanol–water partition coefficient (Wildman–Crippen LogP) is 0.570. The van der Waals surface area contributed by atoms with E-state index in [4.69, 9.17) is 17.3 Å². The molecule has 0 aliphatic carbocycles. The average molecular weight is 399 g/mol. The number of nitrogen functional groups attached to an aromatic ring is 1. The summed E-state index contributed by atoms with van der Waals surface area (Å²) in [6, 6.07) is 13.5. The maximum absolute atomic E-state index is 5.93. The minimum absolute atomic E-state index is 0.221. The first-order chi connectivity index (χ1) is 13.7. The lowest BCUT2D eigenvalue weighted by Gasteiger charge is -2.27. The Balaban J connectivity index is 1.38. The van der Waals surface area contributed by atoms with Crippen molar-refractivity contribution in [3.8, 4) is 0 Å². The van der Waals surface area contributed by atoms with Crippen LogP contribution in [0.2, 0.25) is 5.02 Å². The maximum atomic E-state index is 5.93. The maximum Gasteiger partial charge on any atom is 0.274 e. The molecule has 0 amide bonds. The SMILES string of the molecule is Nc1nc(C[NH+]2CCN(c3cccc[nH+]3)CC2)nc(Nc2ccc(Cl)cc2)n1. The van der Waals surface area contributed by atoms with Crippen molar-refractivity contribution in [3.63, 3.8) is 0 Å². The average Bonchev–Trinajstić information content (AvgIpc) is 2.71. The van der Waals surface area contributed by atoms with Crippen molar-refractivity contribution in [2.24, 2.45) is 0 Å². The van der Waals surface area contributed by atoms with Crippen LogP contribution in [-0.4, -0.2) is 41.1 Å². The Morgan fingerprint density at radius 2 is 1.86 bits per heavy atom. The number of quaternary nitrogens is 1. The lowest BCUT2D eigenvalue weighted by Crippen LogP contribution is -3.13. The number of nitrogens with one attached hydrogen (secondary N) is 3. The van der Waals surface area contributed by atoms with Gasteiger partial charge in [0.05, 0.1) is 6.20 Å². The van der Waals surface area contributed by atoms with E-state index in [0.717, 1.165) is 37.7 Å². The summed E-state index contributed by atoms with van der Waals surface area (Å²) in [6.45, 7) is 4.69. The Bertz CT molecular complexity index is 911. The van der Waals surface area contributed by atoms with Crippen LogP contribution in [0.4, 0.5) is 23.4 Å². The van der Waals surface area contributed by atoms with E-state index < -0.39 is 0 Å². The third kappa shape index (κ3) is 4.65. The van der Waals surface area contributed by atoms with E-state index in [9.17, 15) is 0 Å². The van der Waals surface area contributed by atoms with E-state index >= 15 is 0 Å². The van der Waals surface area contributed by atoms with Gasteiger partial charge in [-0.3, -0.25) is 4.90 Å². The molecule has 28 heavy (non-hydrogen) atoms. The first kappa shape index (κ1) is 18.4. The van der Waals surface area contributed by atoms with Crippen molar-refractivity contribution in [2.45, 2.75) is 6.54 Å². The number of hydrogen-bond acceptors (Lipinski definition) is 6. The highest BCUT2D eigenvalue weighted by Gasteiger charge is 2.26. The molecule has 0 radical (unpaired) electrons. The second-order valence-electron chi connectivity index (χ2n) is 6.73. The van der Waals surface area contributed by atoms with Crippen LogP contribution >= 0.6 is 11.6 Å². The van der Waals surface area contributed by atoms with Gasteiger partial charge in [0.15, 0.2) is 5.82 Å². The van der Waals surface area contributed by atoms with E-state index in [2.05, 4.69) is 36.2 Å². The van der Waals surface area contributed by atoms with Gasteiger partial charge in [-0.05, 0) is 30.3 Å². The molecule has 1 saturated heterocycles. The third-order valence-corrected chi connectivity index (χ3v) is 4.96. The number of rotatable bonds is 5. The molecular weight excluding hydrogens is 376 g/mol. The lowest BCUT2D eigenvalue weighted by molar-refractivity contribution is -0.915. The van der Waals surface area contributed by atoms with Crippen molar-refractivity contribution in [1.82, 2.24) is 15.0 Å². The van der Waals surface area contributed by atoms with E-state index in [1.54, 1.807) is 0 Å². The highest BCUT2D eigenvalue weighted by molar-refractivity contribution is 6.30. The monoisotopic (exact) mass is 398 g/mol. The Kier molecular flexibility index (Phi) is 5.50. The number of halogens is 1. The molecule has 0 atom stereocenters. The molecule has 3 aromatic rings. The Hall–Kier alpha value is -2.97. The summed E-state index contributed by atoms with van der Waals surface area (Å²) in [5.74, 6) is 2.51. The molecule has 2 aromatic heterocycles. The number of nitrogens with two attached hydrogens (primary N) is 1. The van der Waals surface area contributed by atoms with Gasteiger partial charge in [0, 0.05) is 16.8 Å². The fraction of sp³-hybridized carbons (Fsp3) is 0.263. The third-order valence-electron chi connectivity index (χ3n) is 4.71. The van der Waals surface area contributed by atoms with Gasteiger partial charge in [0.25, 0.3) is 5.82 Å². The molecule has 1 aliphatic heterocycles. The molecule has 0 bridgehead atoms. The van der Waals surface area contributed by atoms with Gasteiger partial charge in [0.2, 0.25) is 11.9 Å². The van der Waals surface area contributed by atoms with Crippen molar-refractivity contribution in [1.29, 1.82) is 0 Å². The number of piperazine rings is 1. The summed E-state index contributed by atoms with van der Waals surface area (Å²) >= 11 is 5.93. The normalized spacial score (nSPS) is 14.8. The smallest absolute Gasteiger partial charge is 0.274 e. The van der Waals surface area contributed by atoms with Crippen molar-refractivity contribution in [3.05, 3.63) is 59.5 Å². The first-order valence-corrected chi connectivity index (χ1v) is 9.62. The molecule has 0 unspecified atom stereocenters. The summed E-state index contributed by atoms with van der Waals surface area (Å²) in [4.78, 5) is 20.1. The minimum atomic E-state index is 0.221. The molecule has 1 aliphatic rings. The summed E-state index contributed by atoms with van der Waals surface area (Å²) in [5, 5.41) is 3.83. The summed E-state index contributed by atoms with van der Waals surface area (Å²) in [6.07, 6.45) is 1.96. The molecule has 3 heterocycles. The second-order valence-corrected chi connectivity index (χ2v) is 7.16. The number of H-pyrrole nitrogens is 1. The largest absolute Gasteiger partial charge is 0.368 e. The fourth-order valence-corrected chi connectivity index (χ4v) is 3.41. The number of aromatic nitrogens is 4. The molecular formula is C19H23ClN8+2. The topological polar surface area (TPSA) is 98.5 Å². The summed E-state index contributed by atoms with van der Waals surface area (Å²) in [5.41, 5.74) is 6.74. The summed E-state index contributed by atoms with van der Waals surface area (Å²) < 4.78 is 0. The van der Waals surface area contributed by atoms with E-state index in [1.807, 2.05) is 42.6 Å². The number of pyridine rings is 1. The zero-order chi connectivity index (χ0) is 19.3. The standard InChI is InChI=1S/C19H21ClN8/c20-14-4-6-15(7-5-14)23-19-25-16(24-18(21)26-19)13-27-9-11-28(12-10-27)17-3-1-2-8-22-17/h1-8H,9-13H2,(H3,21,23,24,25,26)/p+2. The van der Waals surface area contributed by atoms with Crippen LogP contribution in [0.3, 0.4) is 0 Å². The molecule has 9 heteroatoms. The van der Waals surface area contributed by atoms with Crippen molar-refractivity contribution >= 4 is 35.0 Å².